The van der Waals surface area contributed by atoms with E-state index in [9.17, 15) is 17.6 Å². The van der Waals surface area contributed by atoms with E-state index in [-0.39, 0.29) is 23.2 Å². The second-order valence-electron chi connectivity index (χ2n) is 5.50. The third-order valence-electron chi connectivity index (χ3n) is 3.58. The average molecular weight is 335 g/mol. The lowest BCUT2D eigenvalue weighted by Crippen LogP contribution is -2.27. The van der Waals surface area contributed by atoms with Crippen LogP contribution >= 0.6 is 0 Å². The molecule has 0 N–H and O–H groups in total. The predicted octanol–water partition coefficient (Wildman–Crippen LogP) is 2.81. The van der Waals surface area contributed by atoms with Gasteiger partial charge in [-0.15, -0.1) is 0 Å². The van der Waals surface area contributed by atoms with Crippen LogP contribution in [0, 0.1) is 12.7 Å². The third kappa shape index (κ3) is 3.96. The van der Waals surface area contributed by atoms with Gasteiger partial charge in [-0.25, -0.2) is 12.8 Å². The van der Waals surface area contributed by atoms with E-state index in [4.69, 9.17) is 0 Å². The number of rotatable bonds is 4. The van der Waals surface area contributed by atoms with Gasteiger partial charge in [-0.1, -0.05) is 24.3 Å². The van der Waals surface area contributed by atoms with Gasteiger partial charge in [0.1, 0.15) is 5.82 Å². The van der Waals surface area contributed by atoms with Gasteiger partial charge >= 0.3 is 0 Å². The van der Waals surface area contributed by atoms with E-state index in [2.05, 4.69) is 0 Å². The van der Waals surface area contributed by atoms with Crippen LogP contribution < -0.4 is 0 Å². The van der Waals surface area contributed by atoms with E-state index in [0.717, 1.165) is 6.26 Å². The SMILES string of the molecule is Cc1ccc(S(C)(=O)=O)cc1C(=O)N(C)Cc1ccccc1F. The highest BCUT2D eigenvalue weighted by Crippen LogP contribution is 2.18. The lowest BCUT2D eigenvalue weighted by atomic mass is 10.1. The first-order chi connectivity index (χ1) is 10.7. The quantitative estimate of drug-likeness (QED) is 0.863. The van der Waals surface area contributed by atoms with Crippen molar-refractivity contribution in [2.75, 3.05) is 13.3 Å². The molecule has 23 heavy (non-hydrogen) atoms. The Labute approximate surface area is 135 Å². The van der Waals surface area contributed by atoms with Gasteiger partial charge < -0.3 is 4.90 Å². The van der Waals surface area contributed by atoms with E-state index < -0.39 is 9.84 Å². The van der Waals surface area contributed by atoms with Gasteiger partial charge in [0.15, 0.2) is 9.84 Å². The van der Waals surface area contributed by atoms with Crippen LogP contribution in [0.5, 0.6) is 0 Å². The molecule has 0 aliphatic carbocycles. The second kappa shape index (κ2) is 6.50. The van der Waals surface area contributed by atoms with Crippen LogP contribution in [0.1, 0.15) is 21.5 Å². The summed E-state index contributed by atoms with van der Waals surface area (Å²) in [6, 6.07) is 10.7. The zero-order chi connectivity index (χ0) is 17.2. The molecule has 0 aliphatic rings. The minimum absolute atomic E-state index is 0.0886. The molecule has 4 nitrogen and oxygen atoms in total. The van der Waals surface area contributed by atoms with Crippen molar-refractivity contribution in [1.29, 1.82) is 0 Å². The molecule has 0 saturated carbocycles. The molecule has 0 aliphatic heterocycles. The smallest absolute Gasteiger partial charge is 0.254 e. The minimum atomic E-state index is -3.40. The van der Waals surface area contributed by atoms with Crippen LogP contribution in [0.2, 0.25) is 0 Å². The second-order valence-corrected chi connectivity index (χ2v) is 7.52. The maximum Gasteiger partial charge on any atom is 0.254 e. The molecule has 6 heteroatoms. The van der Waals surface area contributed by atoms with Crippen molar-refractivity contribution in [1.82, 2.24) is 4.90 Å². The molecular weight excluding hydrogens is 317 g/mol. The Balaban J connectivity index is 2.31. The molecule has 0 saturated heterocycles. The summed E-state index contributed by atoms with van der Waals surface area (Å²) in [5, 5.41) is 0. The van der Waals surface area contributed by atoms with Crippen LogP contribution in [0.25, 0.3) is 0 Å². The Hall–Kier alpha value is -2.21. The van der Waals surface area contributed by atoms with Crippen molar-refractivity contribution in [3.05, 3.63) is 65.0 Å². The van der Waals surface area contributed by atoms with Gasteiger partial charge in [-0.2, -0.15) is 0 Å². The van der Waals surface area contributed by atoms with Gasteiger partial charge in [0.05, 0.1) is 4.90 Å². The first kappa shape index (κ1) is 17.1. The first-order valence-electron chi connectivity index (χ1n) is 6.99. The van der Waals surface area contributed by atoms with Crippen molar-refractivity contribution in [3.63, 3.8) is 0 Å². The van der Waals surface area contributed by atoms with Crippen molar-refractivity contribution >= 4 is 15.7 Å². The molecule has 2 aromatic carbocycles. The van der Waals surface area contributed by atoms with Crippen LogP contribution in [0.3, 0.4) is 0 Å². The molecule has 122 valence electrons. The third-order valence-corrected chi connectivity index (χ3v) is 4.69. The van der Waals surface area contributed by atoms with E-state index in [0.29, 0.717) is 16.7 Å². The first-order valence-corrected chi connectivity index (χ1v) is 8.89. The zero-order valence-electron chi connectivity index (χ0n) is 13.2. The number of carbonyl (C=O) groups is 1. The van der Waals surface area contributed by atoms with Crippen molar-refractivity contribution in [2.24, 2.45) is 0 Å². The topological polar surface area (TPSA) is 54.5 Å². The van der Waals surface area contributed by atoms with E-state index >= 15 is 0 Å². The number of carbonyl (C=O) groups excluding carboxylic acids is 1. The number of sulfone groups is 1. The summed E-state index contributed by atoms with van der Waals surface area (Å²) in [7, 11) is -1.84. The average Bonchev–Trinajstić information content (AvgIpc) is 2.48. The Morgan fingerprint density at radius 1 is 1.17 bits per heavy atom. The predicted molar refractivity (Wildman–Crippen MR) is 86.5 cm³/mol. The van der Waals surface area contributed by atoms with Gasteiger partial charge in [0.2, 0.25) is 0 Å². The number of amides is 1. The number of hydrogen-bond acceptors (Lipinski definition) is 3. The summed E-state index contributed by atoms with van der Waals surface area (Å²) in [6.45, 7) is 1.84. The molecule has 1 amide bonds. The Morgan fingerprint density at radius 2 is 1.83 bits per heavy atom. The van der Waals surface area contributed by atoms with Gasteiger partial charge in [0, 0.05) is 31.0 Å². The van der Waals surface area contributed by atoms with E-state index in [1.807, 2.05) is 0 Å². The highest BCUT2D eigenvalue weighted by Gasteiger charge is 2.18. The molecule has 2 rings (SSSR count). The number of nitrogens with zero attached hydrogens (tertiary/aromatic N) is 1. The summed E-state index contributed by atoms with van der Waals surface area (Å²) >= 11 is 0. The molecule has 0 aromatic heterocycles. The molecule has 0 spiro atoms. The number of halogens is 1. The summed E-state index contributed by atoms with van der Waals surface area (Å²) in [5.74, 6) is -0.731. The fraction of sp³-hybridized carbons (Fsp3) is 0.235. The molecule has 0 bridgehead atoms. The van der Waals surface area contributed by atoms with Gasteiger partial charge in [-0.3, -0.25) is 4.79 Å². The standard InChI is InChI=1S/C17H18FNO3S/c1-12-8-9-14(23(3,21)22)10-15(12)17(20)19(2)11-13-6-4-5-7-16(13)18/h4-10H,11H2,1-3H3. The molecular formula is C17H18FNO3S. The zero-order valence-corrected chi connectivity index (χ0v) is 14.0. The fourth-order valence-corrected chi connectivity index (χ4v) is 2.87. The van der Waals surface area contributed by atoms with Crippen LogP contribution in [-0.4, -0.2) is 32.5 Å². The molecule has 0 unspecified atom stereocenters. The summed E-state index contributed by atoms with van der Waals surface area (Å²) in [6.07, 6.45) is 1.09. The van der Waals surface area contributed by atoms with Crippen molar-refractivity contribution < 1.29 is 17.6 Å². The maximum atomic E-state index is 13.7. The Kier molecular flexibility index (Phi) is 4.85. The highest BCUT2D eigenvalue weighted by atomic mass is 32.2. The van der Waals surface area contributed by atoms with Crippen LogP contribution in [0.15, 0.2) is 47.4 Å². The monoisotopic (exact) mass is 335 g/mol. The molecule has 0 fully saturated rings. The Morgan fingerprint density at radius 3 is 2.43 bits per heavy atom. The Bertz CT molecular complexity index is 847. The van der Waals surface area contributed by atoms with Crippen LogP contribution in [-0.2, 0) is 16.4 Å². The normalized spacial score (nSPS) is 11.3. The van der Waals surface area contributed by atoms with E-state index in [1.165, 1.54) is 23.1 Å². The van der Waals surface area contributed by atoms with Gasteiger partial charge in [-0.05, 0) is 30.7 Å². The molecule has 0 heterocycles. The molecule has 0 atom stereocenters. The fourth-order valence-electron chi connectivity index (χ4n) is 2.22. The largest absolute Gasteiger partial charge is 0.337 e. The van der Waals surface area contributed by atoms with Crippen molar-refractivity contribution in [2.45, 2.75) is 18.4 Å². The minimum Gasteiger partial charge on any atom is -0.337 e. The molecule has 2 aromatic rings. The highest BCUT2D eigenvalue weighted by molar-refractivity contribution is 7.90. The van der Waals surface area contributed by atoms with Crippen LogP contribution in [0.4, 0.5) is 4.39 Å². The summed E-state index contributed by atoms with van der Waals surface area (Å²) in [4.78, 5) is 14.0. The maximum absolute atomic E-state index is 13.7. The lowest BCUT2D eigenvalue weighted by Gasteiger charge is -2.19. The van der Waals surface area contributed by atoms with Gasteiger partial charge in [0.25, 0.3) is 5.91 Å². The number of hydrogen-bond donors (Lipinski definition) is 0. The summed E-state index contributed by atoms with van der Waals surface area (Å²) in [5.41, 5.74) is 1.37. The summed E-state index contributed by atoms with van der Waals surface area (Å²) < 4.78 is 37.0. The molecule has 0 radical (unpaired) electrons. The van der Waals surface area contributed by atoms with Crippen molar-refractivity contribution in [3.8, 4) is 0 Å². The van der Waals surface area contributed by atoms with E-state index in [1.54, 1.807) is 38.2 Å². The number of aryl methyl sites for hydroxylation is 1. The lowest BCUT2D eigenvalue weighted by molar-refractivity contribution is 0.0783. The number of benzene rings is 2.